The van der Waals surface area contributed by atoms with Gasteiger partial charge >= 0.3 is 34.7 Å². The zero-order chi connectivity index (χ0) is 8.12. The van der Waals surface area contributed by atoms with Gasteiger partial charge in [0, 0.05) is 19.8 Å². The topological polar surface area (TPSA) is 60.7 Å². The third-order valence-corrected chi connectivity index (χ3v) is 0. The molecular formula is C6H18Al2O3+6. The summed E-state index contributed by atoms with van der Waals surface area (Å²) in [6.45, 7) is 5.79. The van der Waals surface area contributed by atoms with Crippen LogP contribution in [0.2, 0.25) is 0 Å². The molecule has 0 unspecified atom stereocenters. The minimum atomic E-state index is 0. The Labute approximate surface area is 90.7 Å². The van der Waals surface area contributed by atoms with Crippen LogP contribution in [0.3, 0.4) is 0 Å². The maximum absolute atomic E-state index is 7.57. The SMILES string of the molecule is CCO.CCO.CCO.[Al+3].[Al+3]. The van der Waals surface area contributed by atoms with Crippen molar-refractivity contribution in [2.24, 2.45) is 0 Å². The third-order valence-electron chi connectivity index (χ3n) is 0. The Morgan fingerprint density at radius 1 is 0.636 bits per heavy atom. The van der Waals surface area contributed by atoms with Crippen LogP contribution >= 0.6 is 0 Å². The van der Waals surface area contributed by atoms with Crippen molar-refractivity contribution in [1.82, 2.24) is 0 Å². The zero-order valence-electron chi connectivity index (χ0n) is 7.62. The summed E-state index contributed by atoms with van der Waals surface area (Å²) in [6.07, 6.45) is 0. The van der Waals surface area contributed by atoms with Crippen LogP contribution < -0.4 is 0 Å². The molecule has 0 spiro atoms. The molecule has 0 aromatic heterocycles. The van der Waals surface area contributed by atoms with Crippen LogP contribution in [0.1, 0.15) is 20.8 Å². The van der Waals surface area contributed by atoms with Gasteiger partial charge in [0.1, 0.15) is 0 Å². The summed E-state index contributed by atoms with van der Waals surface area (Å²) in [7, 11) is 0. The molecule has 11 heavy (non-hydrogen) atoms. The van der Waals surface area contributed by atoms with Gasteiger partial charge < -0.3 is 15.3 Å². The van der Waals surface area contributed by atoms with Crippen molar-refractivity contribution in [3.05, 3.63) is 0 Å². The van der Waals surface area contributed by atoms with Crippen molar-refractivity contribution >= 4 is 34.7 Å². The van der Waals surface area contributed by atoms with Gasteiger partial charge in [-0.15, -0.1) is 0 Å². The molecule has 0 aliphatic rings. The first kappa shape index (κ1) is 29.7. The van der Waals surface area contributed by atoms with E-state index in [2.05, 4.69) is 0 Å². The Hall–Kier alpha value is 0.945. The Bertz CT molecular complexity index is 20.5. The molecule has 3 N–H and O–H groups in total. The van der Waals surface area contributed by atoms with Crippen LogP contribution in [-0.4, -0.2) is 69.9 Å². The summed E-state index contributed by atoms with van der Waals surface area (Å²) in [6, 6.07) is 0. The van der Waals surface area contributed by atoms with Crippen LogP contribution in [0.4, 0.5) is 0 Å². The number of hydrogen-bond donors (Lipinski definition) is 3. The van der Waals surface area contributed by atoms with Crippen molar-refractivity contribution in [2.75, 3.05) is 19.8 Å². The third kappa shape index (κ3) is 981. The second kappa shape index (κ2) is 69.6. The van der Waals surface area contributed by atoms with Crippen LogP contribution in [0.5, 0.6) is 0 Å². The summed E-state index contributed by atoms with van der Waals surface area (Å²) < 4.78 is 0. The predicted octanol–water partition coefficient (Wildman–Crippen LogP) is -0.766. The van der Waals surface area contributed by atoms with E-state index in [4.69, 9.17) is 15.3 Å². The summed E-state index contributed by atoms with van der Waals surface area (Å²) in [5.74, 6) is 0. The van der Waals surface area contributed by atoms with Crippen molar-refractivity contribution in [1.29, 1.82) is 0 Å². The molecule has 0 saturated carbocycles. The minimum absolute atomic E-state index is 0. The fourth-order valence-corrected chi connectivity index (χ4v) is 0. The van der Waals surface area contributed by atoms with E-state index in [0.29, 0.717) is 0 Å². The van der Waals surface area contributed by atoms with Crippen LogP contribution in [0.15, 0.2) is 0 Å². The van der Waals surface area contributed by atoms with Gasteiger partial charge in [-0.05, 0) is 20.8 Å². The maximum atomic E-state index is 7.57. The Kier molecular flexibility index (Phi) is 188. The Balaban J connectivity index is -0.0000000150. The predicted molar refractivity (Wildman–Crippen MR) is 49.8 cm³/mol. The van der Waals surface area contributed by atoms with Gasteiger partial charge in [-0.1, -0.05) is 0 Å². The second-order valence-corrected chi connectivity index (χ2v) is 0.949. The molecular weight excluding hydrogens is 174 g/mol. The fraction of sp³-hybridized carbons (Fsp3) is 1.00. The van der Waals surface area contributed by atoms with Gasteiger partial charge in [-0.2, -0.15) is 0 Å². The first-order valence-corrected chi connectivity index (χ1v) is 3.07. The van der Waals surface area contributed by atoms with E-state index in [-0.39, 0.29) is 54.5 Å². The van der Waals surface area contributed by atoms with Crippen LogP contribution in [0, 0.1) is 0 Å². The van der Waals surface area contributed by atoms with E-state index in [9.17, 15) is 0 Å². The first-order valence-electron chi connectivity index (χ1n) is 3.07. The van der Waals surface area contributed by atoms with Crippen molar-refractivity contribution in [3.63, 3.8) is 0 Å². The first-order chi connectivity index (χ1) is 4.24. The van der Waals surface area contributed by atoms with Gasteiger partial charge in [0.05, 0.1) is 0 Å². The van der Waals surface area contributed by atoms with Crippen LogP contribution in [-0.2, 0) is 0 Å². The normalized spacial score (nSPS) is 4.91. The number of rotatable bonds is 0. The van der Waals surface area contributed by atoms with Gasteiger partial charge in [-0.3, -0.25) is 0 Å². The second-order valence-electron chi connectivity index (χ2n) is 0.949. The molecule has 0 heterocycles. The number of hydrogen-bond acceptors (Lipinski definition) is 3. The molecule has 0 aromatic rings. The molecule has 0 bridgehead atoms. The monoisotopic (exact) mass is 192 g/mol. The Morgan fingerprint density at radius 2 is 0.636 bits per heavy atom. The smallest absolute Gasteiger partial charge is 0.397 e. The maximum Gasteiger partial charge on any atom is 3.00 e. The summed E-state index contributed by atoms with van der Waals surface area (Å²) >= 11 is 0. The largest absolute Gasteiger partial charge is 3.00 e. The molecule has 0 atom stereocenters. The van der Waals surface area contributed by atoms with Gasteiger partial charge in [0.15, 0.2) is 0 Å². The molecule has 0 aliphatic carbocycles. The summed E-state index contributed by atoms with van der Waals surface area (Å²) in [5, 5.41) is 22.7. The zero-order valence-corrected chi connectivity index (χ0v) is 9.93. The Morgan fingerprint density at radius 3 is 0.636 bits per heavy atom. The van der Waals surface area contributed by atoms with Crippen molar-refractivity contribution in [3.8, 4) is 0 Å². The van der Waals surface area contributed by atoms with Crippen molar-refractivity contribution < 1.29 is 15.3 Å². The van der Waals surface area contributed by atoms with E-state index in [1.54, 1.807) is 20.8 Å². The molecule has 0 aromatic carbocycles. The van der Waals surface area contributed by atoms with Gasteiger partial charge in [-0.25, -0.2) is 0 Å². The molecule has 60 valence electrons. The molecule has 0 saturated heterocycles. The van der Waals surface area contributed by atoms with E-state index in [1.165, 1.54) is 0 Å². The van der Waals surface area contributed by atoms with E-state index in [1.807, 2.05) is 0 Å². The molecule has 0 rings (SSSR count). The molecule has 0 aliphatic heterocycles. The number of aliphatic hydroxyl groups is 3. The van der Waals surface area contributed by atoms with Gasteiger partial charge in [0.25, 0.3) is 0 Å². The van der Waals surface area contributed by atoms with Crippen LogP contribution in [0.25, 0.3) is 0 Å². The molecule has 0 amide bonds. The van der Waals surface area contributed by atoms with E-state index in [0.717, 1.165) is 0 Å². The quantitative estimate of drug-likeness (QED) is 0.442. The minimum Gasteiger partial charge on any atom is -0.397 e. The average molecular weight is 192 g/mol. The van der Waals surface area contributed by atoms with Crippen molar-refractivity contribution in [2.45, 2.75) is 20.8 Å². The van der Waals surface area contributed by atoms with Gasteiger partial charge in [0.2, 0.25) is 0 Å². The van der Waals surface area contributed by atoms with E-state index < -0.39 is 0 Å². The average Bonchev–Trinajstić information content (AvgIpc) is 1.70. The summed E-state index contributed by atoms with van der Waals surface area (Å²) in [5.41, 5.74) is 0. The molecule has 0 fully saturated rings. The van der Waals surface area contributed by atoms with E-state index >= 15 is 0 Å². The molecule has 0 radical (unpaired) electrons. The molecule has 3 nitrogen and oxygen atoms in total. The fourth-order valence-electron chi connectivity index (χ4n) is 0. The number of aliphatic hydroxyl groups excluding tert-OH is 3. The standard InChI is InChI=1S/3C2H6O.2Al/c3*1-2-3;;/h3*3H,2H2,1H3;;/q;;;2*+3. The summed E-state index contributed by atoms with van der Waals surface area (Å²) in [4.78, 5) is 0. The molecule has 5 heteroatoms.